The number of benzene rings is 2. The van der Waals surface area contributed by atoms with E-state index in [-0.39, 0.29) is 10.7 Å². The second-order valence-corrected chi connectivity index (χ2v) is 9.24. The van der Waals surface area contributed by atoms with Gasteiger partial charge in [0.05, 0.1) is 10.5 Å². The smallest absolute Gasteiger partial charge is 0.343 e. The van der Waals surface area contributed by atoms with Crippen molar-refractivity contribution in [1.29, 1.82) is 0 Å². The first kappa shape index (κ1) is 23.3. The lowest BCUT2D eigenvalue weighted by atomic mass is 9.86. The van der Waals surface area contributed by atoms with Gasteiger partial charge < -0.3 is 9.64 Å². The van der Waals surface area contributed by atoms with Crippen molar-refractivity contribution in [3.63, 3.8) is 0 Å². The summed E-state index contributed by atoms with van der Waals surface area (Å²) in [5.74, 6) is -0.0928. The van der Waals surface area contributed by atoms with Gasteiger partial charge in [0.2, 0.25) is 0 Å². The van der Waals surface area contributed by atoms with Crippen LogP contribution in [0.5, 0.6) is 5.75 Å². The third-order valence-electron chi connectivity index (χ3n) is 4.58. The van der Waals surface area contributed by atoms with Gasteiger partial charge in [0.25, 0.3) is 5.24 Å². The first-order valence-corrected chi connectivity index (χ1v) is 10.9. The van der Waals surface area contributed by atoms with E-state index in [9.17, 15) is 9.59 Å². The Hall–Kier alpha value is -1.98. The highest BCUT2D eigenvalue weighted by Crippen LogP contribution is 2.38. The average molecular weight is 434 g/mol. The summed E-state index contributed by atoms with van der Waals surface area (Å²) in [7, 11) is 0. The Kier molecular flexibility index (Phi) is 7.78. The van der Waals surface area contributed by atoms with Crippen LogP contribution in [0.25, 0.3) is 0 Å². The van der Waals surface area contributed by atoms with Crippen molar-refractivity contribution in [1.82, 2.24) is 4.90 Å². The summed E-state index contributed by atoms with van der Waals surface area (Å²) in [6.45, 7) is 13.4. The van der Waals surface area contributed by atoms with Crippen LogP contribution in [0.15, 0.2) is 41.3 Å². The second kappa shape index (κ2) is 9.68. The predicted octanol–water partition coefficient (Wildman–Crippen LogP) is 6.72. The van der Waals surface area contributed by atoms with Crippen molar-refractivity contribution in [2.24, 2.45) is 0 Å². The van der Waals surface area contributed by atoms with E-state index in [4.69, 9.17) is 16.3 Å². The molecule has 0 spiro atoms. The standard InChI is InChI=1S/C23H28ClNO3S/c1-7-25(8-2)22(27)29-19-14-17(23(4,5)6)12-15(3)20(19)28-21(26)16-10-9-11-18(24)13-16/h9-14H,7-8H2,1-6H3. The maximum atomic E-state index is 12.7. The first-order valence-electron chi connectivity index (χ1n) is 9.66. The van der Waals surface area contributed by atoms with Crippen molar-refractivity contribution in [3.05, 3.63) is 58.1 Å². The lowest BCUT2D eigenvalue weighted by Gasteiger charge is -2.24. The van der Waals surface area contributed by atoms with E-state index in [1.807, 2.05) is 32.9 Å². The molecule has 2 aromatic carbocycles. The van der Waals surface area contributed by atoms with Crippen LogP contribution in [0.1, 0.15) is 56.1 Å². The quantitative estimate of drug-likeness (QED) is 0.298. The SMILES string of the molecule is CCN(CC)C(=O)Sc1cc(C(C)(C)C)cc(C)c1OC(=O)c1cccc(Cl)c1. The Morgan fingerprint density at radius 3 is 2.31 bits per heavy atom. The molecule has 0 aliphatic rings. The van der Waals surface area contributed by atoms with Crippen molar-refractivity contribution in [2.45, 2.75) is 51.9 Å². The zero-order valence-corrected chi connectivity index (χ0v) is 19.4. The summed E-state index contributed by atoms with van der Waals surface area (Å²) >= 11 is 7.09. The molecular formula is C23H28ClNO3S. The van der Waals surface area contributed by atoms with Crippen LogP contribution >= 0.6 is 23.4 Å². The molecule has 4 nitrogen and oxygen atoms in total. The first-order chi connectivity index (χ1) is 13.6. The zero-order valence-electron chi connectivity index (χ0n) is 17.8. The fourth-order valence-electron chi connectivity index (χ4n) is 2.79. The molecule has 0 aromatic heterocycles. The summed E-state index contributed by atoms with van der Waals surface area (Å²) in [6.07, 6.45) is 0. The number of amides is 1. The Morgan fingerprint density at radius 2 is 1.76 bits per heavy atom. The number of hydrogen-bond acceptors (Lipinski definition) is 4. The molecule has 0 radical (unpaired) electrons. The predicted molar refractivity (Wildman–Crippen MR) is 120 cm³/mol. The van der Waals surface area contributed by atoms with E-state index in [0.717, 1.165) is 22.9 Å². The highest BCUT2D eigenvalue weighted by atomic mass is 35.5. The molecule has 2 aromatic rings. The molecule has 0 unspecified atom stereocenters. The summed E-state index contributed by atoms with van der Waals surface area (Å²) in [6, 6.07) is 10.6. The highest BCUT2D eigenvalue weighted by Gasteiger charge is 2.23. The van der Waals surface area contributed by atoms with Crippen molar-refractivity contribution >= 4 is 34.6 Å². The fourth-order valence-corrected chi connectivity index (χ4v) is 4.04. The second-order valence-electron chi connectivity index (χ2n) is 7.81. The average Bonchev–Trinajstić information content (AvgIpc) is 2.64. The van der Waals surface area contributed by atoms with Crippen LogP contribution in [0, 0.1) is 6.92 Å². The molecule has 0 aliphatic carbocycles. The van der Waals surface area contributed by atoms with E-state index in [1.165, 1.54) is 0 Å². The molecule has 6 heteroatoms. The third kappa shape index (κ3) is 6.00. The number of halogens is 1. The normalized spacial score (nSPS) is 11.3. The van der Waals surface area contributed by atoms with Gasteiger partial charge >= 0.3 is 5.97 Å². The Labute approximate surface area is 182 Å². The number of esters is 1. The summed E-state index contributed by atoms with van der Waals surface area (Å²) in [5.41, 5.74) is 2.14. The van der Waals surface area contributed by atoms with Crippen molar-refractivity contribution in [3.8, 4) is 5.75 Å². The van der Waals surface area contributed by atoms with Gasteiger partial charge in [-0.25, -0.2) is 4.79 Å². The Balaban J connectivity index is 2.46. The number of aryl methyl sites for hydroxylation is 1. The molecular weight excluding hydrogens is 406 g/mol. The molecule has 0 atom stereocenters. The van der Waals surface area contributed by atoms with Gasteiger partial charge in [-0.05, 0) is 73.3 Å². The van der Waals surface area contributed by atoms with Gasteiger partial charge in [-0.2, -0.15) is 0 Å². The van der Waals surface area contributed by atoms with Crippen molar-refractivity contribution in [2.75, 3.05) is 13.1 Å². The minimum Gasteiger partial charge on any atom is -0.421 e. The van der Waals surface area contributed by atoms with Crippen LogP contribution in [0.2, 0.25) is 5.02 Å². The Bertz CT molecular complexity index is 901. The zero-order chi connectivity index (χ0) is 21.8. The summed E-state index contributed by atoms with van der Waals surface area (Å²) in [5, 5.41) is 0.395. The van der Waals surface area contributed by atoms with Gasteiger partial charge in [-0.15, -0.1) is 0 Å². The van der Waals surface area contributed by atoms with Crippen LogP contribution < -0.4 is 4.74 Å². The molecule has 0 N–H and O–H groups in total. The maximum absolute atomic E-state index is 12.7. The topological polar surface area (TPSA) is 46.6 Å². The molecule has 2 rings (SSSR count). The van der Waals surface area contributed by atoms with Gasteiger partial charge in [-0.3, -0.25) is 4.79 Å². The number of carbonyl (C=O) groups is 2. The monoisotopic (exact) mass is 433 g/mol. The maximum Gasteiger partial charge on any atom is 0.343 e. The fraction of sp³-hybridized carbons (Fsp3) is 0.391. The number of carbonyl (C=O) groups excluding carboxylic acids is 2. The van der Waals surface area contributed by atoms with Crippen LogP contribution in [-0.4, -0.2) is 29.2 Å². The van der Waals surface area contributed by atoms with Gasteiger partial charge in [0, 0.05) is 18.1 Å². The van der Waals surface area contributed by atoms with Gasteiger partial charge in [0.15, 0.2) is 0 Å². The molecule has 0 heterocycles. The summed E-state index contributed by atoms with van der Waals surface area (Å²) in [4.78, 5) is 27.8. The third-order valence-corrected chi connectivity index (χ3v) is 5.77. The lowest BCUT2D eigenvalue weighted by Crippen LogP contribution is -2.26. The number of nitrogens with zero attached hydrogens (tertiary/aromatic N) is 1. The summed E-state index contributed by atoms with van der Waals surface area (Å²) < 4.78 is 5.74. The van der Waals surface area contributed by atoms with E-state index < -0.39 is 5.97 Å². The molecule has 0 saturated heterocycles. The molecule has 1 amide bonds. The van der Waals surface area contributed by atoms with E-state index in [0.29, 0.717) is 34.3 Å². The molecule has 156 valence electrons. The van der Waals surface area contributed by atoms with E-state index >= 15 is 0 Å². The number of hydrogen-bond donors (Lipinski definition) is 0. The van der Waals surface area contributed by atoms with Gasteiger partial charge in [-0.1, -0.05) is 44.5 Å². The Morgan fingerprint density at radius 1 is 1.10 bits per heavy atom. The van der Waals surface area contributed by atoms with Crippen LogP contribution in [0.3, 0.4) is 0 Å². The molecule has 29 heavy (non-hydrogen) atoms. The molecule has 0 fully saturated rings. The lowest BCUT2D eigenvalue weighted by molar-refractivity contribution is 0.0729. The molecule has 0 bridgehead atoms. The van der Waals surface area contributed by atoms with E-state index in [1.54, 1.807) is 29.2 Å². The number of thioether (sulfide) groups is 1. The highest BCUT2D eigenvalue weighted by molar-refractivity contribution is 8.13. The van der Waals surface area contributed by atoms with E-state index in [2.05, 4.69) is 20.8 Å². The minimum absolute atomic E-state index is 0.0690. The molecule has 0 aliphatic heterocycles. The number of rotatable bonds is 5. The van der Waals surface area contributed by atoms with Crippen LogP contribution in [0.4, 0.5) is 4.79 Å². The molecule has 0 saturated carbocycles. The largest absolute Gasteiger partial charge is 0.421 e. The van der Waals surface area contributed by atoms with Gasteiger partial charge in [0.1, 0.15) is 5.75 Å². The van der Waals surface area contributed by atoms with Crippen LogP contribution in [-0.2, 0) is 5.41 Å². The number of ether oxygens (including phenoxy) is 1. The minimum atomic E-state index is -0.503. The van der Waals surface area contributed by atoms with Crippen molar-refractivity contribution < 1.29 is 14.3 Å².